The molecule has 1 aliphatic carbocycles. The van der Waals surface area contributed by atoms with Crippen LogP contribution in [0.4, 0.5) is 0 Å². The van der Waals surface area contributed by atoms with E-state index in [9.17, 15) is 0 Å². The highest BCUT2D eigenvalue weighted by molar-refractivity contribution is 7.47. The maximum atomic E-state index is 6.59. The molecule has 0 N–H and O–H groups in total. The van der Waals surface area contributed by atoms with Gasteiger partial charge in [-0.3, -0.25) is 0 Å². The molecule has 122 valence electrons. The van der Waals surface area contributed by atoms with E-state index >= 15 is 0 Å². The quantitative estimate of drug-likeness (QED) is 0.566. The molecule has 1 saturated heterocycles. The van der Waals surface area contributed by atoms with E-state index in [2.05, 4.69) is 53.8 Å². The molecule has 1 aliphatic heterocycles. The van der Waals surface area contributed by atoms with E-state index in [1.807, 2.05) is 0 Å². The summed E-state index contributed by atoms with van der Waals surface area (Å²) in [6.07, 6.45) is 6.27. The Labute approximate surface area is 140 Å². The lowest BCUT2D eigenvalue weighted by molar-refractivity contribution is 0.200. The molecule has 1 saturated carbocycles. The lowest BCUT2D eigenvalue weighted by Gasteiger charge is -2.29. The second-order valence-corrected chi connectivity index (χ2v) is 8.66. The highest BCUT2D eigenvalue weighted by atomic mass is 35.5. The summed E-state index contributed by atoms with van der Waals surface area (Å²) < 4.78 is 11.6. The molecule has 0 unspecified atom stereocenters. The summed E-state index contributed by atoms with van der Waals surface area (Å²) in [6.45, 7) is 0. The Kier molecular flexibility index (Phi) is 5.75. The van der Waals surface area contributed by atoms with Crippen molar-refractivity contribution in [3.05, 3.63) is 35.9 Å². The van der Waals surface area contributed by atoms with Gasteiger partial charge in [-0.1, -0.05) is 43.2 Å². The number of benzene rings is 1. The number of halogens is 1. The zero-order chi connectivity index (χ0) is 15.5. The van der Waals surface area contributed by atoms with Gasteiger partial charge in [-0.2, -0.15) is 0 Å². The van der Waals surface area contributed by atoms with Crippen molar-refractivity contribution < 1.29 is 4.52 Å². The van der Waals surface area contributed by atoms with Crippen molar-refractivity contribution >= 4 is 20.1 Å². The number of fused-ring (bicyclic) bond motifs is 1. The fourth-order valence-electron chi connectivity index (χ4n) is 3.75. The topological polar surface area (TPSA) is 15.7 Å². The Hall–Kier alpha value is -0.180. The second kappa shape index (κ2) is 7.59. The van der Waals surface area contributed by atoms with E-state index in [-0.39, 0.29) is 6.10 Å². The monoisotopic (exact) mass is 340 g/mol. The first-order chi connectivity index (χ1) is 10.7. The van der Waals surface area contributed by atoms with Gasteiger partial charge >= 0.3 is 0 Å². The van der Waals surface area contributed by atoms with Crippen molar-refractivity contribution in [3.8, 4) is 0 Å². The van der Waals surface area contributed by atoms with Crippen LogP contribution in [0.3, 0.4) is 0 Å². The van der Waals surface area contributed by atoms with Gasteiger partial charge in [-0.25, -0.2) is 9.34 Å². The average Bonchev–Trinajstić information content (AvgIpc) is 2.80. The van der Waals surface area contributed by atoms with Crippen LogP contribution in [0.25, 0.3) is 0 Å². The first-order valence-corrected chi connectivity index (χ1v) is 9.95. The van der Waals surface area contributed by atoms with Crippen LogP contribution in [-0.2, 0) is 4.52 Å². The second-order valence-electron chi connectivity index (χ2n) is 6.30. The first kappa shape index (κ1) is 16.7. The van der Waals surface area contributed by atoms with E-state index in [0.29, 0.717) is 18.0 Å². The van der Waals surface area contributed by atoms with Crippen LogP contribution in [0.5, 0.6) is 0 Å². The van der Waals surface area contributed by atoms with E-state index in [4.69, 9.17) is 16.1 Å². The molecule has 0 amide bonds. The van der Waals surface area contributed by atoms with Crippen molar-refractivity contribution in [3.63, 3.8) is 0 Å². The SMILES string of the molecule is CN1[C@@H]2CCCC[C@H]2N(C)P1O[C@@H](CCCl)c1ccccc1. The smallest absolute Gasteiger partial charge is 0.188 e. The average molecular weight is 341 g/mol. The molecule has 0 bridgehead atoms. The van der Waals surface area contributed by atoms with Crippen molar-refractivity contribution in [2.45, 2.75) is 50.3 Å². The summed E-state index contributed by atoms with van der Waals surface area (Å²) >= 11 is 6.03. The highest BCUT2D eigenvalue weighted by Gasteiger charge is 2.46. The molecule has 5 heteroatoms. The van der Waals surface area contributed by atoms with Crippen molar-refractivity contribution in [1.29, 1.82) is 0 Å². The van der Waals surface area contributed by atoms with Crippen LogP contribution >= 0.6 is 20.1 Å². The predicted molar refractivity (Wildman–Crippen MR) is 94.1 cm³/mol. The summed E-state index contributed by atoms with van der Waals surface area (Å²) in [6, 6.07) is 11.8. The minimum atomic E-state index is -0.684. The molecule has 0 spiro atoms. The Balaban J connectivity index is 1.74. The van der Waals surface area contributed by atoms with Crippen LogP contribution < -0.4 is 0 Å². The predicted octanol–water partition coefficient (Wildman–Crippen LogP) is 4.79. The Morgan fingerprint density at radius 1 is 1.14 bits per heavy atom. The van der Waals surface area contributed by atoms with Gasteiger partial charge in [0.1, 0.15) is 0 Å². The maximum absolute atomic E-state index is 6.59. The van der Waals surface area contributed by atoms with Crippen LogP contribution in [-0.4, -0.2) is 41.4 Å². The van der Waals surface area contributed by atoms with E-state index in [1.54, 1.807) is 0 Å². The maximum Gasteiger partial charge on any atom is 0.188 e. The molecule has 1 heterocycles. The third-order valence-electron chi connectivity index (χ3n) is 4.96. The zero-order valence-electron chi connectivity index (χ0n) is 13.5. The van der Waals surface area contributed by atoms with Gasteiger partial charge < -0.3 is 4.52 Å². The minimum Gasteiger partial charge on any atom is -0.323 e. The van der Waals surface area contributed by atoms with Gasteiger partial charge in [-0.15, -0.1) is 11.6 Å². The van der Waals surface area contributed by atoms with Crippen LogP contribution in [0.2, 0.25) is 0 Å². The van der Waals surface area contributed by atoms with Gasteiger partial charge in [0.05, 0.1) is 6.10 Å². The number of hydrogen-bond donors (Lipinski definition) is 0. The van der Waals surface area contributed by atoms with E-state index in [1.165, 1.54) is 31.2 Å². The van der Waals surface area contributed by atoms with Gasteiger partial charge in [0.15, 0.2) is 8.45 Å². The van der Waals surface area contributed by atoms with E-state index in [0.717, 1.165) is 6.42 Å². The van der Waals surface area contributed by atoms with Gasteiger partial charge in [0, 0.05) is 18.0 Å². The standard InChI is InChI=1S/C17H26ClN2OP/c1-19-15-10-6-7-11-16(15)20(2)22(19)21-17(12-13-18)14-8-4-3-5-9-14/h3-5,8-9,15-17H,6-7,10-13H2,1-2H3/t15-,16-,17+/m1/s1. The Bertz CT molecular complexity index is 457. The normalized spacial score (nSPS) is 28.7. The highest BCUT2D eigenvalue weighted by Crippen LogP contribution is 2.58. The molecule has 3 rings (SSSR count). The van der Waals surface area contributed by atoms with Crippen molar-refractivity contribution in [2.24, 2.45) is 0 Å². The number of hydrogen-bond acceptors (Lipinski definition) is 3. The Morgan fingerprint density at radius 3 is 2.27 bits per heavy atom. The van der Waals surface area contributed by atoms with Gasteiger partial charge in [0.2, 0.25) is 0 Å². The Morgan fingerprint density at radius 2 is 1.73 bits per heavy atom. The fraction of sp³-hybridized carbons (Fsp3) is 0.647. The summed E-state index contributed by atoms with van der Waals surface area (Å²) in [5.41, 5.74) is 1.24. The zero-order valence-corrected chi connectivity index (χ0v) is 15.1. The number of rotatable bonds is 5. The summed E-state index contributed by atoms with van der Waals surface area (Å²) in [5, 5.41) is 0. The molecular formula is C17H26ClN2OP. The third-order valence-corrected chi connectivity index (χ3v) is 7.29. The lowest BCUT2D eigenvalue weighted by atomic mass is 9.91. The number of nitrogens with zero attached hydrogens (tertiary/aromatic N) is 2. The molecule has 22 heavy (non-hydrogen) atoms. The number of alkyl halides is 1. The van der Waals surface area contributed by atoms with Crippen LogP contribution in [0, 0.1) is 0 Å². The third kappa shape index (κ3) is 3.34. The van der Waals surface area contributed by atoms with Crippen LogP contribution in [0.1, 0.15) is 43.8 Å². The molecule has 3 atom stereocenters. The van der Waals surface area contributed by atoms with Crippen molar-refractivity contribution in [1.82, 2.24) is 9.34 Å². The summed E-state index contributed by atoms with van der Waals surface area (Å²) in [7, 11) is 3.79. The lowest BCUT2D eigenvalue weighted by Crippen LogP contribution is -2.37. The first-order valence-electron chi connectivity index (χ1n) is 8.25. The van der Waals surface area contributed by atoms with Crippen molar-refractivity contribution in [2.75, 3.05) is 20.0 Å². The largest absolute Gasteiger partial charge is 0.323 e. The minimum absolute atomic E-state index is 0.0925. The molecule has 0 aromatic heterocycles. The molecular weight excluding hydrogens is 315 g/mol. The van der Waals surface area contributed by atoms with Crippen LogP contribution in [0.15, 0.2) is 30.3 Å². The number of likely N-dealkylation sites (N-methyl/N-ethyl adjacent to an activating group) is 2. The summed E-state index contributed by atoms with van der Waals surface area (Å²) in [4.78, 5) is 0. The molecule has 2 aliphatic rings. The fourth-order valence-corrected chi connectivity index (χ4v) is 6.19. The summed E-state index contributed by atoms with van der Waals surface area (Å²) in [5.74, 6) is 0.628. The molecule has 1 aromatic carbocycles. The molecule has 2 fully saturated rings. The molecule has 3 nitrogen and oxygen atoms in total. The molecule has 1 aromatic rings. The van der Waals surface area contributed by atoms with E-state index < -0.39 is 8.45 Å². The van der Waals surface area contributed by atoms with Gasteiger partial charge in [0.25, 0.3) is 0 Å². The molecule has 0 radical (unpaired) electrons. The van der Waals surface area contributed by atoms with Gasteiger partial charge in [-0.05, 0) is 38.9 Å².